The monoisotopic (exact) mass is 286 g/mol. The molecule has 3 heteroatoms. The number of benzene rings is 1. The lowest BCUT2D eigenvalue weighted by molar-refractivity contribution is 0.0751. The number of carbonyl (C=O) groups is 1. The van der Waals surface area contributed by atoms with E-state index < -0.39 is 0 Å². The number of rotatable bonds is 7. The fourth-order valence-electron chi connectivity index (χ4n) is 2.11. The van der Waals surface area contributed by atoms with Gasteiger partial charge in [-0.2, -0.15) is 0 Å². The Hall–Kier alpha value is -1.79. The Morgan fingerprint density at radius 3 is 2.33 bits per heavy atom. The fourth-order valence-corrected chi connectivity index (χ4v) is 2.11. The van der Waals surface area contributed by atoms with Crippen LogP contribution in [0.5, 0.6) is 0 Å². The molecule has 114 valence electrons. The van der Waals surface area contributed by atoms with Gasteiger partial charge in [0.1, 0.15) is 0 Å². The average Bonchev–Trinajstić information content (AvgIpc) is 2.52. The van der Waals surface area contributed by atoms with Gasteiger partial charge in [0, 0.05) is 18.7 Å². The van der Waals surface area contributed by atoms with Gasteiger partial charge in [-0.15, -0.1) is 0 Å². The fraction of sp³-hybridized carbons (Fsp3) is 0.500. The van der Waals surface area contributed by atoms with Crippen molar-refractivity contribution >= 4 is 5.91 Å². The Morgan fingerprint density at radius 2 is 1.76 bits per heavy atom. The minimum absolute atomic E-state index is 0.0822. The molecule has 0 atom stereocenters. The first-order valence-electron chi connectivity index (χ1n) is 7.81. The van der Waals surface area contributed by atoms with Gasteiger partial charge in [-0.1, -0.05) is 50.7 Å². The quantitative estimate of drug-likeness (QED) is 0.783. The molecule has 0 bridgehead atoms. The van der Waals surface area contributed by atoms with Crippen LogP contribution >= 0.6 is 0 Å². The third kappa shape index (κ3) is 5.61. The zero-order valence-electron chi connectivity index (χ0n) is 13.2. The van der Waals surface area contributed by atoms with Gasteiger partial charge < -0.3 is 10.6 Å². The minimum Gasteiger partial charge on any atom is -0.339 e. The van der Waals surface area contributed by atoms with E-state index in [4.69, 9.17) is 5.73 Å². The lowest BCUT2D eigenvalue weighted by Gasteiger charge is -2.23. The predicted molar refractivity (Wildman–Crippen MR) is 88.1 cm³/mol. The number of nitrogens with two attached hydrogens (primary N) is 1. The highest BCUT2D eigenvalue weighted by molar-refractivity contribution is 5.96. The van der Waals surface area contributed by atoms with Crippen LogP contribution in [0.25, 0.3) is 0 Å². The first-order valence-corrected chi connectivity index (χ1v) is 7.81. The number of unbranched alkanes of at least 4 members (excludes halogenated alkanes) is 2. The summed E-state index contributed by atoms with van der Waals surface area (Å²) < 4.78 is 0. The van der Waals surface area contributed by atoms with Crippen molar-refractivity contribution in [3.8, 4) is 11.8 Å². The second-order valence-corrected chi connectivity index (χ2v) is 5.05. The van der Waals surface area contributed by atoms with E-state index in [2.05, 4.69) is 25.7 Å². The molecule has 0 aliphatic rings. The molecular formula is C18H26N2O. The van der Waals surface area contributed by atoms with Crippen LogP contribution in [-0.2, 0) is 0 Å². The smallest absolute Gasteiger partial charge is 0.255 e. The first kappa shape index (κ1) is 17.3. The van der Waals surface area contributed by atoms with Crippen molar-refractivity contribution in [2.45, 2.75) is 39.5 Å². The highest BCUT2D eigenvalue weighted by Crippen LogP contribution is 2.12. The third-order valence-electron chi connectivity index (χ3n) is 3.33. The molecule has 0 heterocycles. The normalized spacial score (nSPS) is 9.86. The maximum absolute atomic E-state index is 12.8. The van der Waals surface area contributed by atoms with Gasteiger partial charge >= 0.3 is 0 Å². The van der Waals surface area contributed by atoms with Crippen LogP contribution in [0.3, 0.4) is 0 Å². The van der Waals surface area contributed by atoms with Crippen molar-refractivity contribution in [1.82, 2.24) is 4.90 Å². The number of amides is 1. The summed E-state index contributed by atoms with van der Waals surface area (Å²) in [5.74, 6) is 5.91. The van der Waals surface area contributed by atoms with Crippen LogP contribution in [0.15, 0.2) is 24.3 Å². The Morgan fingerprint density at radius 1 is 1.14 bits per heavy atom. The second kappa shape index (κ2) is 10.0. The van der Waals surface area contributed by atoms with E-state index in [0.29, 0.717) is 12.1 Å². The van der Waals surface area contributed by atoms with E-state index in [1.54, 1.807) is 0 Å². The van der Waals surface area contributed by atoms with Gasteiger partial charge in [0.2, 0.25) is 0 Å². The molecule has 0 aliphatic carbocycles. The molecule has 21 heavy (non-hydrogen) atoms. The summed E-state index contributed by atoms with van der Waals surface area (Å²) in [6.45, 7) is 6.21. The Bertz CT molecular complexity index is 491. The minimum atomic E-state index is 0.0822. The first-order chi connectivity index (χ1) is 10.2. The molecule has 0 spiro atoms. The summed E-state index contributed by atoms with van der Waals surface area (Å²) >= 11 is 0. The number of hydrogen-bond donors (Lipinski definition) is 1. The van der Waals surface area contributed by atoms with Crippen molar-refractivity contribution < 1.29 is 4.79 Å². The van der Waals surface area contributed by atoms with Crippen LogP contribution in [0.1, 0.15) is 55.5 Å². The van der Waals surface area contributed by atoms with E-state index in [1.807, 2.05) is 29.2 Å². The summed E-state index contributed by atoms with van der Waals surface area (Å²) in [6, 6.07) is 7.53. The highest BCUT2D eigenvalue weighted by atomic mass is 16.2. The molecule has 1 amide bonds. The Kier molecular flexibility index (Phi) is 8.23. The summed E-state index contributed by atoms with van der Waals surface area (Å²) in [6.07, 6.45) is 4.24. The number of hydrogen-bond acceptors (Lipinski definition) is 2. The lowest BCUT2D eigenvalue weighted by atomic mass is 10.1. The van der Waals surface area contributed by atoms with Gasteiger partial charge in [0.15, 0.2) is 0 Å². The van der Waals surface area contributed by atoms with E-state index >= 15 is 0 Å². The molecule has 0 saturated heterocycles. The zero-order chi connectivity index (χ0) is 15.5. The maximum atomic E-state index is 12.8. The van der Waals surface area contributed by atoms with Crippen LogP contribution in [0.4, 0.5) is 0 Å². The predicted octanol–water partition coefficient (Wildman–Crippen LogP) is 3.04. The second-order valence-electron chi connectivity index (χ2n) is 5.05. The van der Waals surface area contributed by atoms with Crippen LogP contribution in [0.2, 0.25) is 0 Å². The Balaban J connectivity index is 2.96. The van der Waals surface area contributed by atoms with E-state index in [1.165, 1.54) is 0 Å². The van der Waals surface area contributed by atoms with Crippen molar-refractivity contribution in [3.05, 3.63) is 35.4 Å². The summed E-state index contributed by atoms with van der Waals surface area (Å²) in [5, 5.41) is 0. The molecule has 0 saturated carbocycles. The molecule has 1 aromatic rings. The summed E-state index contributed by atoms with van der Waals surface area (Å²) in [7, 11) is 0. The molecule has 1 rings (SSSR count). The molecule has 0 unspecified atom stereocenters. The van der Waals surface area contributed by atoms with E-state index in [0.717, 1.165) is 44.3 Å². The van der Waals surface area contributed by atoms with Gasteiger partial charge in [0.05, 0.1) is 12.1 Å². The largest absolute Gasteiger partial charge is 0.339 e. The van der Waals surface area contributed by atoms with Crippen molar-refractivity contribution in [2.75, 3.05) is 19.6 Å². The summed E-state index contributed by atoms with van der Waals surface area (Å²) in [4.78, 5) is 14.7. The van der Waals surface area contributed by atoms with Gasteiger partial charge in [-0.05, 0) is 25.0 Å². The highest BCUT2D eigenvalue weighted by Gasteiger charge is 2.17. The summed E-state index contributed by atoms with van der Waals surface area (Å²) in [5.41, 5.74) is 6.88. The third-order valence-corrected chi connectivity index (χ3v) is 3.33. The van der Waals surface area contributed by atoms with E-state index in [-0.39, 0.29) is 5.91 Å². The molecule has 0 aliphatic heterocycles. The molecular weight excluding hydrogens is 260 g/mol. The number of nitrogens with zero attached hydrogens (tertiary/aromatic N) is 1. The van der Waals surface area contributed by atoms with Crippen LogP contribution in [0, 0.1) is 11.8 Å². The van der Waals surface area contributed by atoms with Gasteiger partial charge in [0.25, 0.3) is 5.91 Å². The molecule has 0 radical (unpaired) electrons. The van der Waals surface area contributed by atoms with Gasteiger partial charge in [-0.3, -0.25) is 4.79 Å². The maximum Gasteiger partial charge on any atom is 0.255 e. The van der Waals surface area contributed by atoms with Crippen LogP contribution in [-0.4, -0.2) is 30.4 Å². The zero-order valence-corrected chi connectivity index (χ0v) is 13.2. The van der Waals surface area contributed by atoms with Crippen molar-refractivity contribution in [1.29, 1.82) is 0 Å². The van der Waals surface area contributed by atoms with Crippen molar-refractivity contribution in [3.63, 3.8) is 0 Å². The standard InChI is InChI=1S/C18H26N2O/c1-3-5-14-20(15-6-4-2)18(21)17-12-8-7-10-16(17)11-9-13-19/h7-8,10,12H,3-6,13-15,19H2,1-2H3. The molecule has 1 aromatic carbocycles. The number of carbonyl (C=O) groups excluding carboxylic acids is 1. The molecule has 0 aromatic heterocycles. The lowest BCUT2D eigenvalue weighted by Crippen LogP contribution is -2.33. The average molecular weight is 286 g/mol. The topological polar surface area (TPSA) is 46.3 Å². The Labute approximate surface area is 128 Å². The van der Waals surface area contributed by atoms with Crippen LogP contribution < -0.4 is 5.73 Å². The molecule has 0 fully saturated rings. The van der Waals surface area contributed by atoms with Gasteiger partial charge in [-0.25, -0.2) is 0 Å². The molecule has 2 N–H and O–H groups in total. The molecule has 3 nitrogen and oxygen atoms in total. The van der Waals surface area contributed by atoms with Crippen molar-refractivity contribution in [2.24, 2.45) is 5.73 Å². The van der Waals surface area contributed by atoms with E-state index in [9.17, 15) is 4.79 Å². The SMILES string of the molecule is CCCCN(CCCC)C(=O)c1ccccc1C#CCN.